The molecule has 3 heteroatoms. The normalized spacial score (nSPS) is 11.1. The predicted molar refractivity (Wildman–Crippen MR) is 72.5 cm³/mol. The molecule has 0 saturated heterocycles. The number of ketones is 1. The van der Waals surface area contributed by atoms with Gasteiger partial charge in [-0.3, -0.25) is 9.48 Å². The lowest BCUT2D eigenvalue weighted by molar-refractivity contribution is 0.104. The smallest absolute Gasteiger partial charge is 0.189 e. The summed E-state index contributed by atoms with van der Waals surface area (Å²) in [5, 5.41) is 4.16. The zero-order chi connectivity index (χ0) is 13.1. The largest absolute Gasteiger partial charge is 0.289 e. The van der Waals surface area contributed by atoms with Crippen LogP contribution in [0.15, 0.2) is 36.5 Å². The number of benzene rings is 1. The zero-order valence-electron chi connectivity index (χ0n) is 10.8. The van der Waals surface area contributed by atoms with E-state index in [0.717, 1.165) is 11.3 Å². The van der Waals surface area contributed by atoms with Crippen molar-refractivity contribution in [1.29, 1.82) is 0 Å². The summed E-state index contributed by atoms with van der Waals surface area (Å²) in [4.78, 5) is 12.0. The van der Waals surface area contributed by atoms with E-state index in [9.17, 15) is 4.79 Å². The van der Waals surface area contributed by atoms with Crippen LogP contribution in [0.1, 0.15) is 27.2 Å². The molecule has 0 saturated carbocycles. The molecule has 92 valence electrons. The van der Waals surface area contributed by atoms with Crippen molar-refractivity contribution in [2.45, 2.75) is 13.8 Å². The van der Waals surface area contributed by atoms with Gasteiger partial charge in [-0.05, 0) is 25.5 Å². The van der Waals surface area contributed by atoms with Crippen molar-refractivity contribution in [3.05, 3.63) is 58.9 Å². The van der Waals surface area contributed by atoms with Crippen molar-refractivity contribution in [3.8, 4) is 0 Å². The second kappa shape index (κ2) is 5.00. The van der Waals surface area contributed by atoms with E-state index in [-0.39, 0.29) is 5.78 Å². The maximum atomic E-state index is 12.0. The first kappa shape index (κ1) is 12.3. The highest BCUT2D eigenvalue weighted by Gasteiger charge is 2.08. The third-order valence-corrected chi connectivity index (χ3v) is 2.78. The van der Waals surface area contributed by atoms with Crippen LogP contribution in [-0.4, -0.2) is 15.6 Å². The number of rotatable bonds is 3. The molecule has 18 heavy (non-hydrogen) atoms. The molecule has 2 rings (SSSR count). The maximum absolute atomic E-state index is 12.0. The number of hydrogen-bond acceptors (Lipinski definition) is 2. The molecule has 0 aliphatic heterocycles. The Morgan fingerprint density at radius 3 is 2.44 bits per heavy atom. The lowest BCUT2D eigenvalue weighted by Crippen LogP contribution is -1.94. The second-order valence-electron chi connectivity index (χ2n) is 4.41. The van der Waals surface area contributed by atoms with Gasteiger partial charge in [0.1, 0.15) is 0 Å². The monoisotopic (exact) mass is 240 g/mol. The van der Waals surface area contributed by atoms with Crippen LogP contribution in [0.5, 0.6) is 0 Å². The van der Waals surface area contributed by atoms with Crippen LogP contribution in [0.25, 0.3) is 6.08 Å². The summed E-state index contributed by atoms with van der Waals surface area (Å²) in [5.74, 6) is -0.0128. The topological polar surface area (TPSA) is 34.9 Å². The number of aryl methyl sites for hydroxylation is 3. The third kappa shape index (κ3) is 2.74. The summed E-state index contributed by atoms with van der Waals surface area (Å²) < 4.78 is 1.66. The summed E-state index contributed by atoms with van der Waals surface area (Å²) in [7, 11) is 1.81. The van der Waals surface area contributed by atoms with Gasteiger partial charge in [-0.2, -0.15) is 5.10 Å². The Morgan fingerprint density at radius 1 is 1.22 bits per heavy atom. The van der Waals surface area contributed by atoms with Gasteiger partial charge in [-0.25, -0.2) is 0 Å². The van der Waals surface area contributed by atoms with Gasteiger partial charge in [0.15, 0.2) is 5.78 Å². The molecule has 0 radical (unpaired) electrons. The summed E-state index contributed by atoms with van der Waals surface area (Å²) in [6.45, 7) is 3.88. The molecule has 0 atom stereocenters. The number of aromatic nitrogens is 2. The number of carbonyl (C=O) groups excluding carboxylic acids is 1. The highest BCUT2D eigenvalue weighted by molar-refractivity contribution is 6.07. The van der Waals surface area contributed by atoms with Gasteiger partial charge in [0.25, 0.3) is 0 Å². The minimum absolute atomic E-state index is 0.0128. The van der Waals surface area contributed by atoms with Crippen molar-refractivity contribution in [2.24, 2.45) is 7.05 Å². The van der Waals surface area contributed by atoms with Gasteiger partial charge in [0.05, 0.1) is 11.3 Å². The van der Waals surface area contributed by atoms with Crippen molar-refractivity contribution in [3.63, 3.8) is 0 Å². The fourth-order valence-corrected chi connectivity index (χ4v) is 1.78. The van der Waals surface area contributed by atoms with E-state index in [1.807, 2.05) is 51.2 Å². The van der Waals surface area contributed by atoms with Crippen molar-refractivity contribution in [2.75, 3.05) is 0 Å². The molecule has 0 bridgehead atoms. The van der Waals surface area contributed by atoms with E-state index in [0.29, 0.717) is 5.56 Å². The zero-order valence-corrected chi connectivity index (χ0v) is 10.8. The van der Waals surface area contributed by atoms with E-state index < -0.39 is 0 Å². The molecule has 1 aromatic carbocycles. The van der Waals surface area contributed by atoms with E-state index >= 15 is 0 Å². The van der Waals surface area contributed by atoms with Crippen molar-refractivity contribution < 1.29 is 4.79 Å². The number of nitrogens with zero attached hydrogens (tertiary/aromatic N) is 2. The van der Waals surface area contributed by atoms with Gasteiger partial charge in [-0.15, -0.1) is 0 Å². The Balaban J connectivity index is 2.16. The highest BCUT2D eigenvalue weighted by Crippen LogP contribution is 2.09. The lowest BCUT2D eigenvalue weighted by Gasteiger charge is -1.95. The Hall–Kier alpha value is -2.16. The average Bonchev–Trinajstić information content (AvgIpc) is 2.67. The molecule has 0 spiro atoms. The van der Waals surface area contributed by atoms with Gasteiger partial charge in [0, 0.05) is 13.2 Å². The third-order valence-electron chi connectivity index (χ3n) is 2.78. The Morgan fingerprint density at radius 2 is 1.89 bits per heavy atom. The summed E-state index contributed by atoms with van der Waals surface area (Å²) in [6, 6.07) is 8.05. The molecule has 0 aliphatic rings. The average molecular weight is 240 g/mol. The molecule has 2 aromatic rings. The van der Waals surface area contributed by atoms with Crippen molar-refractivity contribution in [1.82, 2.24) is 9.78 Å². The highest BCUT2D eigenvalue weighted by atomic mass is 16.1. The Labute approximate surface area is 107 Å². The van der Waals surface area contributed by atoms with Crippen LogP contribution in [0.2, 0.25) is 0 Å². The van der Waals surface area contributed by atoms with Gasteiger partial charge in [0.2, 0.25) is 0 Å². The predicted octanol–water partition coefficient (Wildman–Crippen LogP) is 2.93. The number of hydrogen-bond donors (Lipinski definition) is 0. The fourth-order valence-electron chi connectivity index (χ4n) is 1.78. The van der Waals surface area contributed by atoms with Gasteiger partial charge in [-0.1, -0.05) is 35.9 Å². The minimum atomic E-state index is -0.0128. The molecular weight excluding hydrogens is 224 g/mol. The molecule has 0 unspecified atom stereocenters. The molecule has 0 aliphatic carbocycles. The number of carbonyl (C=O) groups is 1. The maximum Gasteiger partial charge on any atom is 0.189 e. The van der Waals surface area contributed by atoms with Crippen LogP contribution in [-0.2, 0) is 7.05 Å². The van der Waals surface area contributed by atoms with E-state index in [2.05, 4.69) is 5.10 Å². The van der Waals surface area contributed by atoms with Crippen LogP contribution < -0.4 is 0 Å². The second-order valence-corrected chi connectivity index (χ2v) is 4.41. The van der Waals surface area contributed by atoms with Gasteiger partial charge >= 0.3 is 0 Å². The summed E-state index contributed by atoms with van der Waals surface area (Å²) in [5.41, 5.74) is 3.65. The van der Waals surface area contributed by atoms with Crippen LogP contribution in [0, 0.1) is 13.8 Å². The minimum Gasteiger partial charge on any atom is -0.289 e. The van der Waals surface area contributed by atoms with Crippen LogP contribution in [0.3, 0.4) is 0 Å². The quantitative estimate of drug-likeness (QED) is 0.610. The molecule has 0 N–H and O–H groups in total. The molecule has 0 fully saturated rings. The SMILES string of the molecule is Cc1ccc(/C=C\C(=O)c2cn(C)nc2C)cc1. The lowest BCUT2D eigenvalue weighted by atomic mass is 10.1. The summed E-state index contributed by atoms with van der Waals surface area (Å²) >= 11 is 0. The van der Waals surface area contributed by atoms with Crippen LogP contribution in [0.4, 0.5) is 0 Å². The fraction of sp³-hybridized carbons (Fsp3) is 0.200. The number of allylic oxidation sites excluding steroid dienone is 1. The van der Waals surface area contributed by atoms with E-state index in [1.54, 1.807) is 17.0 Å². The van der Waals surface area contributed by atoms with Crippen molar-refractivity contribution >= 4 is 11.9 Å². The Bertz CT molecular complexity index is 591. The molecule has 3 nitrogen and oxygen atoms in total. The van der Waals surface area contributed by atoms with E-state index in [1.165, 1.54) is 5.56 Å². The first-order valence-electron chi connectivity index (χ1n) is 5.85. The molecule has 1 aromatic heterocycles. The van der Waals surface area contributed by atoms with Gasteiger partial charge < -0.3 is 0 Å². The molecular formula is C15H16N2O. The molecule has 1 heterocycles. The van der Waals surface area contributed by atoms with Crippen LogP contribution >= 0.6 is 0 Å². The van der Waals surface area contributed by atoms with E-state index in [4.69, 9.17) is 0 Å². The Kier molecular flexibility index (Phi) is 3.42. The first-order chi connectivity index (χ1) is 8.56. The summed E-state index contributed by atoms with van der Waals surface area (Å²) in [6.07, 6.45) is 5.17. The first-order valence-corrected chi connectivity index (χ1v) is 5.85. The standard InChI is InChI=1S/C15H16N2O/c1-11-4-6-13(7-5-11)8-9-15(18)14-10-17(3)16-12(14)2/h4-10H,1-3H3/b9-8-. The molecule has 0 amide bonds.